The topological polar surface area (TPSA) is 73.6 Å². The van der Waals surface area contributed by atoms with Crippen LogP contribution in [0, 0.1) is 18.3 Å². The van der Waals surface area contributed by atoms with E-state index in [1.54, 1.807) is 40.5 Å². The molecule has 2 amide bonds. The van der Waals surface area contributed by atoms with Gasteiger partial charge in [-0.2, -0.15) is 5.26 Å². The lowest BCUT2D eigenvalue weighted by Gasteiger charge is -2.34. The molecule has 0 aliphatic carbocycles. The molecule has 1 aromatic carbocycles. The minimum absolute atomic E-state index is 0.0571. The van der Waals surface area contributed by atoms with Gasteiger partial charge in [0.25, 0.3) is 11.8 Å². The first kappa shape index (κ1) is 18.0. The highest BCUT2D eigenvalue weighted by Gasteiger charge is 2.26. The van der Waals surface area contributed by atoms with Crippen LogP contribution in [0.25, 0.3) is 0 Å². The Bertz CT molecular complexity index is 876. The highest BCUT2D eigenvalue weighted by atomic mass is 32.1. The average molecular weight is 369 g/mol. The quantitative estimate of drug-likeness (QED) is 0.833. The Hall–Kier alpha value is -2.85. The summed E-state index contributed by atoms with van der Waals surface area (Å²) in [6, 6.07) is 9.07. The molecule has 7 heteroatoms. The van der Waals surface area contributed by atoms with E-state index in [1.165, 1.54) is 11.3 Å². The van der Waals surface area contributed by atoms with E-state index in [4.69, 9.17) is 10.00 Å². The number of amides is 2. The zero-order chi connectivity index (χ0) is 18.7. The van der Waals surface area contributed by atoms with E-state index in [0.29, 0.717) is 47.9 Å². The predicted octanol–water partition coefficient (Wildman–Crippen LogP) is 2.54. The number of hydrogen-bond donors (Lipinski definition) is 0. The summed E-state index contributed by atoms with van der Waals surface area (Å²) < 4.78 is 5.29. The van der Waals surface area contributed by atoms with Gasteiger partial charge in [0, 0.05) is 37.1 Å². The lowest BCUT2D eigenvalue weighted by Crippen LogP contribution is -2.50. The van der Waals surface area contributed by atoms with Crippen molar-refractivity contribution in [2.75, 3.05) is 33.3 Å². The third-order valence-corrected chi connectivity index (χ3v) is 5.37. The van der Waals surface area contributed by atoms with E-state index in [0.717, 1.165) is 5.56 Å². The Morgan fingerprint density at radius 3 is 2.35 bits per heavy atom. The summed E-state index contributed by atoms with van der Waals surface area (Å²) in [5.41, 5.74) is 2.07. The van der Waals surface area contributed by atoms with Gasteiger partial charge in [-0.1, -0.05) is 6.07 Å². The Kier molecular flexibility index (Phi) is 5.24. The first-order valence-electron chi connectivity index (χ1n) is 8.25. The Morgan fingerprint density at radius 2 is 1.77 bits per heavy atom. The van der Waals surface area contributed by atoms with Gasteiger partial charge in [-0.3, -0.25) is 9.59 Å². The molecule has 1 aliphatic heterocycles. The van der Waals surface area contributed by atoms with Crippen molar-refractivity contribution in [3.63, 3.8) is 0 Å². The summed E-state index contributed by atoms with van der Waals surface area (Å²) in [6.45, 7) is 3.86. The molecule has 26 heavy (non-hydrogen) atoms. The molecule has 0 unspecified atom stereocenters. The molecule has 6 nitrogen and oxygen atoms in total. The fraction of sp³-hybridized carbons (Fsp3) is 0.316. The van der Waals surface area contributed by atoms with Crippen LogP contribution in [-0.4, -0.2) is 54.9 Å². The molecule has 0 radical (unpaired) electrons. The second-order valence-corrected chi connectivity index (χ2v) is 6.99. The molecule has 3 rings (SSSR count). The summed E-state index contributed by atoms with van der Waals surface area (Å²) >= 11 is 1.28. The van der Waals surface area contributed by atoms with Gasteiger partial charge in [0.1, 0.15) is 11.8 Å². The van der Waals surface area contributed by atoms with E-state index >= 15 is 0 Å². The van der Waals surface area contributed by atoms with E-state index in [2.05, 4.69) is 0 Å². The number of carbonyl (C=O) groups is 2. The van der Waals surface area contributed by atoms with Crippen molar-refractivity contribution in [1.82, 2.24) is 9.80 Å². The number of aryl methyl sites for hydroxylation is 1. The molecule has 1 aliphatic rings. The highest BCUT2D eigenvalue weighted by molar-refractivity contribution is 7.12. The molecule has 2 heterocycles. The van der Waals surface area contributed by atoms with Gasteiger partial charge >= 0.3 is 0 Å². The van der Waals surface area contributed by atoms with Crippen LogP contribution < -0.4 is 4.74 Å². The van der Waals surface area contributed by atoms with Crippen molar-refractivity contribution >= 4 is 23.2 Å². The van der Waals surface area contributed by atoms with Crippen molar-refractivity contribution in [3.8, 4) is 11.8 Å². The molecule has 1 fully saturated rings. The van der Waals surface area contributed by atoms with Gasteiger partial charge in [0.2, 0.25) is 0 Å². The molecular weight excluding hydrogens is 350 g/mol. The van der Waals surface area contributed by atoms with Crippen molar-refractivity contribution in [2.24, 2.45) is 0 Å². The van der Waals surface area contributed by atoms with Crippen LogP contribution >= 0.6 is 11.3 Å². The maximum atomic E-state index is 12.7. The minimum Gasteiger partial charge on any atom is -0.496 e. The smallest absolute Gasteiger partial charge is 0.264 e. The lowest BCUT2D eigenvalue weighted by molar-refractivity contribution is 0.0538. The first-order valence-corrected chi connectivity index (χ1v) is 9.13. The van der Waals surface area contributed by atoms with Crippen LogP contribution in [0.3, 0.4) is 0 Å². The number of ether oxygens (including phenoxy) is 1. The summed E-state index contributed by atoms with van der Waals surface area (Å²) in [4.78, 5) is 29.2. The number of hydrogen-bond acceptors (Lipinski definition) is 5. The van der Waals surface area contributed by atoms with E-state index in [9.17, 15) is 9.59 Å². The summed E-state index contributed by atoms with van der Waals surface area (Å²) in [7, 11) is 1.59. The van der Waals surface area contributed by atoms with Crippen molar-refractivity contribution in [3.05, 3.63) is 51.2 Å². The van der Waals surface area contributed by atoms with Gasteiger partial charge < -0.3 is 14.5 Å². The van der Waals surface area contributed by atoms with Crippen LogP contribution in [0.4, 0.5) is 0 Å². The Morgan fingerprint density at radius 1 is 1.12 bits per heavy atom. The lowest BCUT2D eigenvalue weighted by atomic mass is 10.1. The van der Waals surface area contributed by atoms with Crippen LogP contribution in [0.5, 0.6) is 5.75 Å². The van der Waals surface area contributed by atoms with Crippen LogP contribution in [0.1, 0.15) is 31.2 Å². The zero-order valence-corrected chi connectivity index (χ0v) is 15.5. The van der Waals surface area contributed by atoms with Crippen molar-refractivity contribution in [1.29, 1.82) is 5.26 Å². The van der Waals surface area contributed by atoms with Gasteiger partial charge in [-0.05, 0) is 30.7 Å². The van der Waals surface area contributed by atoms with E-state index in [-0.39, 0.29) is 11.8 Å². The van der Waals surface area contributed by atoms with Crippen LogP contribution in [-0.2, 0) is 0 Å². The van der Waals surface area contributed by atoms with Crippen molar-refractivity contribution in [2.45, 2.75) is 6.92 Å². The molecule has 1 saturated heterocycles. The third kappa shape index (κ3) is 3.55. The van der Waals surface area contributed by atoms with Gasteiger partial charge in [0.15, 0.2) is 0 Å². The number of carbonyl (C=O) groups excluding carboxylic acids is 2. The molecule has 2 aromatic rings. The number of nitriles is 1. The second-order valence-electron chi connectivity index (χ2n) is 6.08. The summed E-state index contributed by atoms with van der Waals surface area (Å²) in [5, 5.41) is 10.6. The summed E-state index contributed by atoms with van der Waals surface area (Å²) in [6.07, 6.45) is 0. The van der Waals surface area contributed by atoms with E-state index < -0.39 is 0 Å². The SMILES string of the molecule is COc1cc(C(=O)N2CCN(C(=O)c3cc(C#N)cs3)CC2)ccc1C. The Labute approximate surface area is 156 Å². The number of benzene rings is 1. The maximum absolute atomic E-state index is 12.7. The number of nitrogens with zero attached hydrogens (tertiary/aromatic N) is 3. The predicted molar refractivity (Wildman–Crippen MR) is 98.6 cm³/mol. The fourth-order valence-electron chi connectivity index (χ4n) is 2.91. The number of rotatable bonds is 3. The molecule has 1 aromatic heterocycles. The number of thiophene rings is 1. The molecule has 0 bridgehead atoms. The molecule has 0 atom stereocenters. The number of piperazine rings is 1. The minimum atomic E-state index is -0.0828. The molecule has 0 saturated carbocycles. The Balaban J connectivity index is 1.63. The summed E-state index contributed by atoms with van der Waals surface area (Å²) in [5.74, 6) is 0.551. The fourth-order valence-corrected chi connectivity index (χ4v) is 3.71. The molecule has 134 valence electrons. The van der Waals surface area contributed by atoms with Crippen LogP contribution in [0.15, 0.2) is 29.6 Å². The standard InChI is InChI=1S/C19H19N3O3S/c1-13-3-4-15(10-16(13)25-2)18(23)21-5-7-22(8-6-21)19(24)17-9-14(11-20)12-26-17/h3-4,9-10,12H,5-8H2,1-2H3. The molecule has 0 N–H and O–H groups in total. The maximum Gasteiger partial charge on any atom is 0.264 e. The van der Waals surface area contributed by atoms with Gasteiger partial charge in [-0.25, -0.2) is 0 Å². The van der Waals surface area contributed by atoms with Crippen molar-refractivity contribution < 1.29 is 14.3 Å². The van der Waals surface area contributed by atoms with E-state index in [1.807, 2.05) is 19.1 Å². The molecular formula is C19H19N3O3S. The second kappa shape index (κ2) is 7.58. The number of methoxy groups -OCH3 is 1. The molecule has 0 spiro atoms. The third-order valence-electron chi connectivity index (χ3n) is 4.45. The largest absolute Gasteiger partial charge is 0.496 e. The zero-order valence-electron chi connectivity index (χ0n) is 14.7. The monoisotopic (exact) mass is 369 g/mol. The van der Waals surface area contributed by atoms with Gasteiger partial charge in [0.05, 0.1) is 17.6 Å². The average Bonchev–Trinajstić information content (AvgIpc) is 3.16. The first-order chi connectivity index (χ1) is 12.5. The highest BCUT2D eigenvalue weighted by Crippen LogP contribution is 2.21. The normalized spacial score (nSPS) is 14.0. The van der Waals surface area contributed by atoms with Crippen LogP contribution in [0.2, 0.25) is 0 Å². The van der Waals surface area contributed by atoms with Gasteiger partial charge in [-0.15, -0.1) is 11.3 Å².